The fourth-order valence-electron chi connectivity index (χ4n) is 5.13. The van der Waals surface area contributed by atoms with Gasteiger partial charge in [-0.3, -0.25) is 14.5 Å². The van der Waals surface area contributed by atoms with Crippen molar-refractivity contribution in [2.75, 3.05) is 20.7 Å². The number of carbonyl (C=O) groups is 2. The lowest BCUT2D eigenvalue weighted by molar-refractivity contribution is -0.150. The van der Waals surface area contributed by atoms with E-state index in [0.717, 1.165) is 30.7 Å². The number of likely N-dealkylation sites (tertiary alicyclic amines) is 2. The number of carboxylic acid groups (broad SMARTS) is 1. The summed E-state index contributed by atoms with van der Waals surface area (Å²) in [5.74, 6) is -0.418. The Hall–Kier alpha value is -2.08. The Kier molecular flexibility index (Phi) is 5.45. The van der Waals surface area contributed by atoms with Crippen LogP contribution < -0.4 is 4.74 Å². The molecule has 3 atom stereocenters. The van der Waals surface area contributed by atoms with E-state index in [-0.39, 0.29) is 23.4 Å². The maximum absolute atomic E-state index is 13.6. The molecule has 1 N–H and O–H groups in total. The van der Waals surface area contributed by atoms with Crippen molar-refractivity contribution in [1.29, 1.82) is 0 Å². The van der Waals surface area contributed by atoms with Gasteiger partial charge in [-0.25, -0.2) is 0 Å². The van der Waals surface area contributed by atoms with Crippen molar-refractivity contribution in [2.45, 2.75) is 63.6 Å². The first-order valence-electron chi connectivity index (χ1n) is 10.1. The standard InChI is InChI=1S/C22H32N2O4/c1-6-22(20(26)27)14-17(19(25)24-13-7-12-21(24,2)3)18(23(22)4)15-8-10-16(28-5)11-9-15/h8-11,17-18H,6-7,12-14H2,1-5H3,(H,26,27)/t17-,18-,22-/m1/s1. The third-order valence-electron chi connectivity index (χ3n) is 6.96. The predicted molar refractivity (Wildman–Crippen MR) is 107 cm³/mol. The number of aliphatic carboxylic acids is 1. The number of benzene rings is 1. The zero-order chi connectivity index (χ0) is 20.7. The Labute approximate surface area is 167 Å². The van der Waals surface area contributed by atoms with E-state index in [1.54, 1.807) is 7.11 Å². The number of carboxylic acids is 1. The highest BCUT2D eigenvalue weighted by Crippen LogP contribution is 2.49. The lowest BCUT2D eigenvalue weighted by Crippen LogP contribution is -2.48. The van der Waals surface area contributed by atoms with Crippen LogP contribution in [0.5, 0.6) is 5.75 Å². The van der Waals surface area contributed by atoms with Crippen molar-refractivity contribution in [3.05, 3.63) is 29.8 Å². The van der Waals surface area contributed by atoms with Gasteiger partial charge in [0.05, 0.1) is 13.0 Å². The lowest BCUT2D eigenvalue weighted by Gasteiger charge is -2.36. The summed E-state index contributed by atoms with van der Waals surface area (Å²) in [6, 6.07) is 7.37. The number of methoxy groups -OCH3 is 1. The van der Waals surface area contributed by atoms with Gasteiger partial charge in [0.15, 0.2) is 0 Å². The second-order valence-electron chi connectivity index (χ2n) is 8.74. The van der Waals surface area contributed by atoms with E-state index in [1.807, 2.05) is 48.0 Å². The van der Waals surface area contributed by atoms with Crippen LogP contribution >= 0.6 is 0 Å². The summed E-state index contributed by atoms with van der Waals surface area (Å²) in [4.78, 5) is 29.8. The van der Waals surface area contributed by atoms with E-state index >= 15 is 0 Å². The molecule has 0 unspecified atom stereocenters. The lowest BCUT2D eigenvalue weighted by atomic mass is 9.86. The van der Waals surface area contributed by atoms with Gasteiger partial charge in [0.1, 0.15) is 11.3 Å². The summed E-state index contributed by atoms with van der Waals surface area (Å²) < 4.78 is 5.26. The number of rotatable bonds is 5. The van der Waals surface area contributed by atoms with Gasteiger partial charge in [0.25, 0.3) is 0 Å². The number of amides is 1. The zero-order valence-corrected chi connectivity index (χ0v) is 17.6. The normalized spacial score (nSPS) is 29.8. The minimum Gasteiger partial charge on any atom is -0.497 e. The van der Waals surface area contributed by atoms with Crippen LogP contribution in [0.3, 0.4) is 0 Å². The first-order chi connectivity index (χ1) is 13.2. The van der Waals surface area contributed by atoms with Crippen LogP contribution in [0.15, 0.2) is 24.3 Å². The Morgan fingerprint density at radius 2 is 1.89 bits per heavy atom. The van der Waals surface area contributed by atoms with Gasteiger partial charge in [0, 0.05) is 18.1 Å². The molecule has 3 rings (SSSR count). The highest BCUT2D eigenvalue weighted by Gasteiger charge is 2.57. The second-order valence-corrected chi connectivity index (χ2v) is 8.74. The van der Waals surface area contributed by atoms with Gasteiger partial charge in [-0.05, 0) is 64.3 Å². The predicted octanol–water partition coefficient (Wildman–Crippen LogP) is 3.32. The number of likely N-dealkylation sites (N-methyl/N-ethyl adjacent to an activating group) is 1. The van der Waals surface area contributed by atoms with Crippen LogP contribution in [-0.2, 0) is 9.59 Å². The molecule has 28 heavy (non-hydrogen) atoms. The monoisotopic (exact) mass is 388 g/mol. The molecule has 6 heteroatoms. The molecular weight excluding hydrogens is 356 g/mol. The van der Waals surface area contributed by atoms with Gasteiger partial charge in [0.2, 0.25) is 5.91 Å². The minimum absolute atomic E-state index is 0.0757. The van der Waals surface area contributed by atoms with E-state index in [4.69, 9.17) is 4.74 Å². The van der Waals surface area contributed by atoms with Crippen LogP contribution in [-0.4, -0.2) is 58.6 Å². The number of hydrogen-bond donors (Lipinski definition) is 1. The van der Waals surface area contributed by atoms with Gasteiger partial charge < -0.3 is 14.7 Å². The Morgan fingerprint density at radius 1 is 1.25 bits per heavy atom. The number of hydrogen-bond acceptors (Lipinski definition) is 4. The third kappa shape index (κ3) is 3.17. The molecule has 2 fully saturated rings. The average Bonchev–Trinajstić information content (AvgIpc) is 3.18. The highest BCUT2D eigenvalue weighted by molar-refractivity contribution is 5.86. The molecule has 1 aromatic rings. The van der Waals surface area contributed by atoms with Crippen LogP contribution in [0.25, 0.3) is 0 Å². The van der Waals surface area contributed by atoms with Crippen molar-refractivity contribution in [1.82, 2.24) is 9.80 Å². The molecular formula is C22H32N2O4. The fraction of sp³-hybridized carbons (Fsp3) is 0.636. The highest BCUT2D eigenvalue weighted by atomic mass is 16.5. The molecule has 154 valence electrons. The SMILES string of the molecule is CC[C@]1(C(=O)O)C[C@@H](C(=O)N2CCCC2(C)C)[C@@H](c2ccc(OC)cc2)N1C. The Balaban J connectivity index is 2.03. The van der Waals surface area contributed by atoms with Gasteiger partial charge in [-0.2, -0.15) is 0 Å². The molecule has 0 bridgehead atoms. The fourth-order valence-corrected chi connectivity index (χ4v) is 5.13. The molecule has 2 heterocycles. The summed E-state index contributed by atoms with van der Waals surface area (Å²) >= 11 is 0. The van der Waals surface area contributed by atoms with E-state index in [2.05, 4.69) is 13.8 Å². The molecule has 2 aliphatic rings. The minimum atomic E-state index is -1.03. The van der Waals surface area contributed by atoms with Crippen LogP contribution in [0.1, 0.15) is 58.1 Å². The van der Waals surface area contributed by atoms with E-state index in [0.29, 0.717) is 12.8 Å². The quantitative estimate of drug-likeness (QED) is 0.838. The summed E-state index contributed by atoms with van der Waals surface area (Å²) in [5, 5.41) is 10.1. The molecule has 1 amide bonds. The van der Waals surface area contributed by atoms with E-state index in [9.17, 15) is 14.7 Å². The van der Waals surface area contributed by atoms with Gasteiger partial charge in [-0.1, -0.05) is 19.1 Å². The summed E-state index contributed by atoms with van der Waals surface area (Å²) in [7, 11) is 3.46. The van der Waals surface area contributed by atoms with E-state index < -0.39 is 11.5 Å². The first-order valence-corrected chi connectivity index (χ1v) is 10.1. The molecule has 0 radical (unpaired) electrons. The zero-order valence-electron chi connectivity index (χ0n) is 17.6. The number of carbonyl (C=O) groups excluding carboxylic acids is 1. The average molecular weight is 389 g/mol. The first kappa shape index (κ1) is 20.6. The number of nitrogens with zero attached hydrogens (tertiary/aromatic N) is 2. The largest absolute Gasteiger partial charge is 0.497 e. The summed E-state index contributed by atoms with van der Waals surface area (Å²) in [5.41, 5.74) is -0.259. The van der Waals surface area contributed by atoms with Gasteiger partial charge in [-0.15, -0.1) is 0 Å². The maximum Gasteiger partial charge on any atom is 0.324 e. The van der Waals surface area contributed by atoms with Crippen molar-refractivity contribution in [3.8, 4) is 5.75 Å². The third-order valence-corrected chi connectivity index (χ3v) is 6.96. The Morgan fingerprint density at radius 3 is 2.36 bits per heavy atom. The van der Waals surface area contributed by atoms with Crippen molar-refractivity contribution >= 4 is 11.9 Å². The molecule has 0 saturated carbocycles. The Bertz CT molecular complexity index is 745. The second kappa shape index (κ2) is 7.39. The number of ether oxygens (including phenoxy) is 1. The molecule has 1 aromatic carbocycles. The van der Waals surface area contributed by atoms with Crippen LogP contribution in [0, 0.1) is 5.92 Å². The van der Waals surface area contributed by atoms with Crippen molar-refractivity contribution in [3.63, 3.8) is 0 Å². The summed E-state index contributed by atoms with van der Waals surface area (Å²) in [6.07, 6.45) is 2.76. The van der Waals surface area contributed by atoms with Crippen molar-refractivity contribution in [2.24, 2.45) is 5.92 Å². The molecule has 6 nitrogen and oxygen atoms in total. The topological polar surface area (TPSA) is 70.1 Å². The molecule has 0 spiro atoms. The molecule has 0 aromatic heterocycles. The maximum atomic E-state index is 13.6. The van der Waals surface area contributed by atoms with Crippen molar-refractivity contribution < 1.29 is 19.4 Å². The molecule has 0 aliphatic carbocycles. The van der Waals surface area contributed by atoms with Crippen LogP contribution in [0.4, 0.5) is 0 Å². The smallest absolute Gasteiger partial charge is 0.324 e. The molecule has 2 saturated heterocycles. The summed E-state index contributed by atoms with van der Waals surface area (Å²) in [6.45, 7) is 6.84. The van der Waals surface area contributed by atoms with E-state index in [1.165, 1.54) is 0 Å². The molecule has 2 aliphatic heterocycles. The van der Waals surface area contributed by atoms with Crippen LogP contribution in [0.2, 0.25) is 0 Å². The van der Waals surface area contributed by atoms with Gasteiger partial charge >= 0.3 is 5.97 Å².